The van der Waals surface area contributed by atoms with Gasteiger partial charge in [-0.05, 0) is 12.5 Å². The Morgan fingerprint density at radius 1 is 1.58 bits per heavy atom. The fourth-order valence-electron chi connectivity index (χ4n) is 1.40. The zero-order chi connectivity index (χ0) is 14.4. The Kier molecular flexibility index (Phi) is 5.62. The van der Waals surface area contributed by atoms with Gasteiger partial charge in [0.15, 0.2) is 0 Å². The molecule has 0 N–H and O–H groups in total. The maximum absolute atomic E-state index is 13.7. The number of carbonyl (C=O) groups is 1. The molecule has 1 aromatic carbocycles. The summed E-state index contributed by atoms with van der Waals surface area (Å²) in [5.74, 6) is -1.65. The van der Waals surface area contributed by atoms with Crippen LogP contribution in [-0.2, 0) is 4.74 Å². The Balaban J connectivity index is 3.28. The third-order valence-corrected chi connectivity index (χ3v) is 2.75. The maximum atomic E-state index is 13.7. The number of methoxy groups -OCH3 is 1. The van der Waals surface area contributed by atoms with E-state index in [9.17, 15) is 19.3 Å². The second kappa shape index (κ2) is 6.98. The first-order chi connectivity index (χ1) is 9.01. The van der Waals surface area contributed by atoms with Gasteiger partial charge in [-0.3, -0.25) is 10.1 Å². The molecule has 0 aliphatic rings. The van der Waals surface area contributed by atoms with Crippen molar-refractivity contribution >= 4 is 33.7 Å². The molecule has 0 radical (unpaired) electrons. The molecule has 1 aromatic rings. The molecular weight excluding hydrogens is 321 g/mol. The summed E-state index contributed by atoms with van der Waals surface area (Å²) in [6, 6.07) is 1.84. The zero-order valence-corrected chi connectivity index (χ0v) is 11.6. The average molecular weight is 332 g/mol. The molecule has 0 aliphatic carbocycles. The van der Waals surface area contributed by atoms with Crippen molar-refractivity contribution in [3.05, 3.63) is 45.3 Å². The molecule has 102 valence electrons. The van der Waals surface area contributed by atoms with Gasteiger partial charge in [0, 0.05) is 17.0 Å². The Morgan fingerprint density at radius 2 is 2.26 bits per heavy atom. The SMILES string of the molecule is COC(=O)c1cc(F)c(C=CCCBr)cc1[N+](=O)[O-]. The lowest BCUT2D eigenvalue weighted by Crippen LogP contribution is -2.07. The van der Waals surface area contributed by atoms with E-state index in [4.69, 9.17) is 0 Å². The van der Waals surface area contributed by atoms with Crippen molar-refractivity contribution < 1.29 is 18.8 Å². The molecule has 0 unspecified atom stereocenters. The van der Waals surface area contributed by atoms with Crippen LogP contribution in [0.15, 0.2) is 18.2 Å². The molecule has 19 heavy (non-hydrogen) atoms. The van der Waals surface area contributed by atoms with Gasteiger partial charge in [0.2, 0.25) is 0 Å². The quantitative estimate of drug-likeness (QED) is 0.359. The highest BCUT2D eigenvalue weighted by atomic mass is 79.9. The average Bonchev–Trinajstić information content (AvgIpc) is 2.39. The predicted octanol–water partition coefficient (Wildman–Crippen LogP) is 3.32. The summed E-state index contributed by atoms with van der Waals surface area (Å²) in [5, 5.41) is 11.6. The van der Waals surface area contributed by atoms with Crippen LogP contribution in [0.1, 0.15) is 22.3 Å². The first kappa shape index (κ1) is 15.3. The normalized spacial score (nSPS) is 10.7. The summed E-state index contributed by atoms with van der Waals surface area (Å²) >= 11 is 3.20. The van der Waals surface area contributed by atoms with Crippen molar-refractivity contribution in [1.82, 2.24) is 0 Å². The molecule has 0 heterocycles. The number of hydrogen-bond acceptors (Lipinski definition) is 4. The number of rotatable bonds is 5. The molecule has 0 atom stereocenters. The summed E-state index contributed by atoms with van der Waals surface area (Å²) in [6.07, 6.45) is 3.77. The van der Waals surface area contributed by atoms with Crippen LogP contribution in [0.2, 0.25) is 0 Å². The third-order valence-electron chi connectivity index (χ3n) is 2.29. The molecule has 1 rings (SSSR count). The molecule has 0 saturated carbocycles. The number of allylic oxidation sites excluding steroid dienone is 1. The number of esters is 1. The van der Waals surface area contributed by atoms with Gasteiger partial charge < -0.3 is 4.74 Å². The Labute approximate surface area is 117 Å². The molecule has 0 aromatic heterocycles. The smallest absolute Gasteiger partial charge is 0.344 e. The first-order valence-electron chi connectivity index (χ1n) is 5.30. The Morgan fingerprint density at radius 3 is 2.79 bits per heavy atom. The fourth-order valence-corrected chi connectivity index (χ4v) is 1.67. The zero-order valence-electron chi connectivity index (χ0n) is 10.1. The van der Waals surface area contributed by atoms with E-state index in [1.54, 1.807) is 6.08 Å². The summed E-state index contributed by atoms with van der Waals surface area (Å²) in [6.45, 7) is 0. The highest BCUT2D eigenvalue weighted by molar-refractivity contribution is 9.09. The second-order valence-corrected chi connectivity index (χ2v) is 4.31. The van der Waals surface area contributed by atoms with Crippen LogP contribution in [0.5, 0.6) is 0 Å². The van der Waals surface area contributed by atoms with Crippen molar-refractivity contribution in [2.75, 3.05) is 12.4 Å². The van der Waals surface area contributed by atoms with Crippen molar-refractivity contribution in [2.45, 2.75) is 6.42 Å². The number of carbonyl (C=O) groups excluding carboxylic acids is 1. The number of halogens is 2. The minimum Gasteiger partial charge on any atom is -0.465 e. The number of hydrogen-bond donors (Lipinski definition) is 0. The topological polar surface area (TPSA) is 69.4 Å². The van der Waals surface area contributed by atoms with Crippen molar-refractivity contribution in [2.24, 2.45) is 0 Å². The van der Waals surface area contributed by atoms with Crippen molar-refractivity contribution in [3.8, 4) is 0 Å². The molecular formula is C12H11BrFNO4. The lowest BCUT2D eigenvalue weighted by atomic mass is 10.1. The highest BCUT2D eigenvalue weighted by Gasteiger charge is 2.23. The van der Waals surface area contributed by atoms with E-state index in [-0.39, 0.29) is 5.56 Å². The van der Waals surface area contributed by atoms with Crippen molar-refractivity contribution in [3.63, 3.8) is 0 Å². The predicted molar refractivity (Wildman–Crippen MR) is 71.8 cm³/mol. The van der Waals surface area contributed by atoms with E-state index in [1.807, 2.05) is 0 Å². The van der Waals surface area contributed by atoms with Gasteiger partial charge in [-0.2, -0.15) is 0 Å². The number of nitro groups is 1. The summed E-state index contributed by atoms with van der Waals surface area (Å²) in [7, 11) is 1.08. The molecule has 7 heteroatoms. The van der Waals surface area contributed by atoms with Crippen LogP contribution in [0.25, 0.3) is 6.08 Å². The Hall–Kier alpha value is -1.76. The van der Waals surface area contributed by atoms with E-state index in [0.29, 0.717) is 11.8 Å². The van der Waals surface area contributed by atoms with Crippen LogP contribution in [0, 0.1) is 15.9 Å². The van der Waals surface area contributed by atoms with E-state index in [0.717, 1.165) is 19.2 Å². The molecule has 0 bridgehead atoms. The highest BCUT2D eigenvalue weighted by Crippen LogP contribution is 2.24. The molecule has 5 nitrogen and oxygen atoms in total. The van der Waals surface area contributed by atoms with Gasteiger partial charge in [0.1, 0.15) is 11.4 Å². The maximum Gasteiger partial charge on any atom is 0.344 e. The number of benzene rings is 1. The molecule has 0 saturated heterocycles. The van der Waals surface area contributed by atoms with Gasteiger partial charge in [-0.1, -0.05) is 28.1 Å². The molecule has 0 fully saturated rings. The third kappa shape index (κ3) is 3.85. The van der Waals surface area contributed by atoms with Crippen LogP contribution in [0.4, 0.5) is 10.1 Å². The van der Waals surface area contributed by atoms with E-state index >= 15 is 0 Å². The molecule has 0 aliphatic heterocycles. The second-order valence-electron chi connectivity index (χ2n) is 3.52. The van der Waals surface area contributed by atoms with E-state index in [1.165, 1.54) is 6.08 Å². The van der Waals surface area contributed by atoms with Crippen LogP contribution >= 0.6 is 15.9 Å². The molecule has 0 amide bonds. The number of ether oxygens (including phenoxy) is 1. The van der Waals surface area contributed by atoms with Gasteiger partial charge in [0.05, 0.1) is 12.0 Å². The first-order valence-corrected chi connectivity index (χ1v) is 6.42. The fraction of sp³-hybridized carbons (Fsp3) is 0.250. The number of alkyl halides is 1. The van der Waals surface area contributed by atoms with Crippen LogP contribution < -0.4 is 0 Å². The van der Waals surface area contributed by atoms with Crippen LogP contribution in [0.3, 0.4) is 0 Å². The van der Waals surface area contributed by atoms with Crippen molar-refractivity contribution in [1.29, 1.82) is 0 Å². The lowest BCUT2D eigenvalue weighted by Gasteiger charge is -2.04. The van der Waals surface area contributed by atoms with Gasteiger partial charge >= 0.3 is 5.97 Å². The summed E-state index contributed by atoms with van der Waals surface area (Å²) in [4.78, 5) is 21.5. The minimum absolute atomic E-state index is 0.0558. The largest absolute Gasteiger partial charge is 0.465 e. The standard InChI is InChI=1S/C12H11BrFNO4/c1-19-12(16)9-7-10(14)8(4-2-3-5-13)6-11(9)15(17)18/h2,4,6-7H,3,5H2,1H3. The number of nitrogens with zero attached hydrogens (tertiary/aromatic N) is 1. The van der Waals surface area contributed by atoms with E-state index < -0.39 is 28.0 Å². The lowest BCUT2D eigenvalue weighted by molar-refractivity contribution is -0.385. The molecule has 0 spiro atoms. The minimum atomic E-state index is -0.943. The summed E-state index contributed by atoms with van der Waals surface area (Å²) in [5.41, 5.74) is -0.824. The monoisotopic (exact) mass is 331 g/mol. The number of nitro benzene ring substituents is 1. The van der Waals surface area contributed by atoms with E-state index in [2.05, 4.69) is 20.7 Å². The van der Waals surface area contributed by atoms with Gasteiger partial charge in [-0.25, -0.2) is 9.18 Å². The van der Waals surface area contributed by atoms with Gasteiger partial charge in [-0.15, -0.1) is 0 Å². The van der Waals surface area contributed by atoms with Gasteiger partial charge in [0.25, 0.3) is 5.69 Å². The van der Waals surface area contributed by atoms with Crippen LogP contribution in [-0.4, -0.2) is 23.3 Å². The summed E-state index contributed by atoms with van der Waals surface area (Å²) < 4.78 is 18.1. The Bertz CT molecular complexity index is 531.